The SMILES string of the molecule is CC1(C)C(C(=O)NCC(=O)c2ccccc2)C1(C)C. The molecule has 0 bridgehead atoms. The zero-order valence-electron chi connectivity index (χ0n) is 12.0. The average molecular weight is 259 g/mol. The predicted molar refractivity (Wildman–Crippen MR) is 74.8 cm³/mol. The largest absolute Gasteiger partial charge is 0.348 e. The van der Waals surface area contributed by atoms with Crippen LogP contribution in [-0.4, -0.2) is 18.2 Å². The van der Waals surface area contributed by atoms with Crippen molar-refractivity contribution in [3.8, 4) is 0 Å². The molecule has 1 fully saturated rings. The van der Waals surface area contributed by atoms with Gasteiger partial charge < -0.3 is 5.32 Å². The third kappa shape index (κ3) is 2.29. The van der Waals surface area contributed by atoms with Crippen molar-refractivity contribution in [3.05, 3.63) is 35.9 Å². The highest BCUT2D eigenvalue weighted by Gasteiger charge is 2.68. The Labute approximate surface area is 114 Å². The van der Waals surface area contributed by atoms with Crippen molar-refractivity contribution in [3.63, 3.8) is 0 Å². The summed E-state index contributed by atoms with van der Waals surface area (Å²) in [5.41, 5.74) is 0.650. The lowest BCUT2D eigenvalue weighted by molar-refractivity contribution is -0.123. The average Bonchev–Trinajstić information content (AvgIpc) is 2.77. The topological polar surface area (TPSA) is 46.2 Å². The fourth-order valence-electron chi connectivity index (χ4n) is 2.85. The second-order valence-corrected chi connectivity index (χ2v) is 6.38. The number of nitrogens with one attached hydrogen (secondary N) is 1. The normalized spacial score (nSPS) is 19.8. The second kappa shape index (κ2) is 4.48. The highest BCUT2D eigenvalue weighted by Crippen LogP contribution is 2.68. The Bertz CT molecular complexity index is 489. The van der Waals surface area contributed by atoms with Gasteiger partial charge in [0.2, 0.25) is 5.91 Å². The van der Waals surface area contributed by atoms with E-state index >= 15 is 0 Å². The number of hydrogen-bond donors (Lipinski definition) is 1. The summed E-state index contributed by atoms with van der Waals surface area (Å²) in [6.45, 7) is 8.45. The molecular weight excluding hydrogens is 238 g/mol. The van der Waals surface area contributed by atoms with Crippen LogP contribution in [0.1, 0.15) is 38.1 Å². The van der Waals surface area contributed by atoms with E-state index in [4.69, 9.17) is 0 Å². The zero-order chi connectivity index (χ0) is 14.3. The van der Waals surface area contributed by atoms with E-state index in [1.807, 2.05) is 18.2 Å². The Morgan fingerprint density at radius 2 is 1.58 bits per heavy atom. The molecule has 0 aromatic heterocycles. The lowest BCUT2D eigenvalue weighted by Gasteiger charge is -2.06. The minimum absolute atomic E-state index is 0.00682. The maximum atomic E-state index is 12.1. The summed E-state index contributed by atoms with van der Waals surface area (Å²) in [5, 5.41) is 2.77. The second-order valence-electron chi connectivity index (χ2n) is 6.38. The van der Waals surface area contributed by atoms with Gasteiger partial charge in [0.15, 0.2) is 5.78 Å². The smallest absolute Gasteiger partial charge is 0.224 e. The zero-order valence-corrected chi connectivity index (χ0v) is 12.0. The first-order valence-corrected chi connectivity index (χ1v) is 6.64. The molecule has 102 valence electrons. The third-order valence-electron chi connectivity index (χ3n) is 4.80. The van der Waals surface area contributed by atoms with E-state index in [0.717, 1.165) is 0 Å². The summed E-state index contributed by atoms with van der Waals surface area (Å²) in [5.74, 6) is -0.0759. The molecule has 0 saturated heterocycles. The van der Waals surface area contributed by atoms with Crippen LogP contribution in [0.5, 0.6) is 0 Å². The summed E-state index contributed by atoms with van der Waals surface area (Å²) in [6, 6.07) is 9.04. The number of ketones is 1. The van der Waals surface area contributed by atoms with Gasteiger partial charge in [0.25, 0.3) is 0 Å². The van der Waals surface area contributed by atoms with Crippen LogP contribution in [0.25, 0.3) is 0 Å². The molecule has 2 rings (SSSR count). The number of rotatable bonds is 4. The van der Waals surface area contributed by atoms with Gasteiger partial charge in [-0.1, -0.05) is 58.0 Å². The van der Waals surface area contributed by atoms with Crippen molar-refractivity contribution < 1.29 is 9.59 Å². The van der Waals surface area contributed by atoms with Crippen molar-refractivity contribution in [2.24, 2.45) is 16.7 Å². The maximum absolute atomic E-state index is 12.1. The molecule has 3 nitrogen and oxygen atoms in total. The highest BCUT2D eigenvalue weighted by atomic mass is 16.2. The van der Waals surface area contributed by atoms with Gasteiger partial charge in [-0.3, -0.25) is 9.59 Å². The summed E-state index contributed by atoms with van der Waals surface area (Å²) >= 11 is 0. The van der Waals surface area contributed by atoms with E-state index in [-0.39, 0.29) is 35.0 Å². The Hall–Kier alpha value is -1.64. The summed E-state index contributed by atoms with van der Waals surface area (Å²) in [6.07, 6.45) is 0. The number of amides is 1. The molecule has 0 atom stereocenters. The number of hydrogen-bond acceptors (Lipinski definition) is 2. The van der Waals surface area contributed by atoms with E-state index in [0.29, 0.717) is 5.56 Å². The first-order valence-electron chi connectivity index (χ1n) is 6.64. The van der Waals surface area contributed by atoms with E-state index in [2.05, 4.69) is 33.0 Å². The van der Waals surface area contributed by atoms with Crippen LogP contribution < -0.4 is 5.32 Å². The quantitative estimate of drug-likeness (QED) is 0.845. The standard InChI is InChI=1S/C16H21NO2/c1-15(2)13(16(15,3)4)14(19)17-10-12(18)11-8-6-5-7-9-11/h5-9,13H,10H2,1-4H3,(H,17,19). The van der Waals surface area contributed by atoms with Gasteiger partial charge in [-0.05, 0) is 10.8 Å². The molecule has 1 saturated carbocycles. The van der Waals surface area contributed by atoms with E-state index < -0.39 is 0 Å². The molecule has 1 aliphatic carbocycles. The molecule has 1 N–H and O–H groups in total. The van der Waals surface area contributed by atoms with Gasteiger partial charge >= 0.3 is 0 Å². The Morgan fingerprint density at radius 3 is 2.05 bits per heavy atom. The fourth-order valence-corrected chi connectivity index (χ4v) is 2.85. The van der Waals surface area contributed by atoms with Crippen LogP contribution >= 0.6 is 0 Å². The molecule has 1 aromatic rings. The molecule has 1 aliphatic rings. The summed E-state index contributed by atoms with van der Waals surface area (Å²) in [7, 11) is 0. The lowest BCUT2D eigenvalue weighted by atomic mass is 10.0. The Balaban J connectivity index is 1.91. The van der Waals surface area contributed by atoms with Crippen LogP contribution in [0.15, 0.2) is 30.3 Å². The van der Waals surface area contributed by atoms with Gasteiger partial charge in [0.1, 0.15) is 0 Å². The third-order valence-corrected chi connectivity index (χ3v) is 4.80. The van der Waals surface area contributed by atoms with Crippen molar-refractivity contribution in [2.75, 3.05) is 6.54 Å². The van der Waals surface area contributed by atoms with Crippen molar-refractivity contribution >= 4 is 11.7 Å². The van der Waals surface area contributed by atoms with Gasteiger partial charge in [0, 0.05) is 11.5 Å². The highest BCUT2D eigenvalue weighted by molar-refractivity contribution is 5.99. The van der Waals surface area contributed by atoms with Crippen molar-refractivity contribution in [1.29, 1.82) is 0 Å². The lowest BCUT2D eigenvalue weighted by Crippen LogP contribution is -2.32. The predicted octanol–water partition coefficient (Wildman–Crippen LogP) is 2.67. The fraction of sp³-hybridized carbons (Fsp3) is 0.500. The molecule has 1 amide bonds. The van der Waals surface area contributed by atoms with Crippen LogP contribution in [0.4, 0.5) is 0 Å². The molecule has 0 spiro atoms. The minimum Gasteiger partial charge on any atom is -0.348 e. The van der Waals surface area contributed by atoms with Crippen LogP contribution in [0.3, 0.4) is 0 Å². The number of carbonyl (C=O) groups is 2. The van der Waals surface area contributed by atoms with Gasteiger partial charge in [-0.25, -0.2) is 0 Å². The molecule has 0 unspecified atom stereocenters. The first-order chi connectivity index (χ1) is 8.78. The molecule has 0 radical (unpaired) electrons. The first kappa shape index (κ1) is 13.8. The van der Waals surface area contributed by atoms with E-state index in [9.17, 15) is 9.59 Å². The molecule has 1 aromatic carbocycles. The molecule has 19 heavy (non-hydrogen) atoms. The maximum Gasteiger partial charge on any atom is 0.224 e. The van der Waals surface area contributed by atoms with Crippen molar-refractivity contribution in [2.45, 2.75) is 27.7 Å². The molecule has 0 heterocycles. The summed E-state index contributed by atoms with van der Waals surface area (Å²) in [4.78, 5) is 24.0. The minimum atomic E-state index is -0.0507. The van der Waals surface area contributed by atoms with Gasteiger partial charge in [0.05, 0.1) is 6.54 Å². The summed E-state index contributed by atoms with van der Waals surface area (Å²) < 4.78 is 0. The molecule has 0 aliphatic heterocycles. The molecular formula is C16H21NO2. The van der Waals surface area contributed by atoms with Gasteiger partial charge in [-0.15, -0.1) is 0 Å². The van der Waals surface area contributed by atoms with Crippen molar-refractivity contribution in [1.82, 2.24) is 5.32 Å². The Kier molecular flexibility index (Phi) is 3.25. The number of Topliss-reactive ketones (excluding diaryl/α,β-unsaturated/α-hetero) is 1. The van der Waals surface area contributed by atoms with Crippen LogP contribution in [-0.2, 0) is 4.79 Å². The number of carbonyl (C=O) groups excluding carboxylic acids is 2. The van der Waals surface area contributed by atoms with Gasteiger partial charge in [-0.2, -0.15) is 0 Å². The van der Waals surface area contributed by atoms with E-state index in [1.54, 1.807) is 12.1 Å². The Morgan fingerprint density at radius 1 is 1.05 bits per heavy atom. The monoisotopic (exact) mass is 259 g/mol. The van der Waals surface area contributed by atoms with E-state index in [1.165, 1.54) is 0 Å². The number of benzene rings is 1. The molecule has 3 heteroatoms. The van der Waals surface area contributed by atoms with Crippen LogP contribution in [0.2, 0.25) is 0 Å². The van der Waals surface area contributed by atoms with Crippen LogP contribution in [0, 0.1) is 16.7 Å².